The summed E-state index contributed by atoms with van der Waals surface area (Å²) in [5, 5.41) is 3.17. The number of nitrogens with zero attached hydrogens (tertiary/aromatic N) is 4. The predicted octanol–water partition coefficient (Wildman–Crippen LogP) is 3.08. The van der Waals surface area contributed by atoms with Crippen LogP contribution in [-0.4, -0.2) is 41.4 Å². The smallest absolute Gasteiger partial charge is 0.289 e. The van der Waals surface area contributed by atoms with Gasteiger partial charge in [0.2, 0.25) is 5.95 Å². The second-order valence-electron chi connectivity index (χ2n) is 6.58. The van der Waals surface area contributed by atoms with Crippen molar-refractivity contribution in [3.8, 4) is 0 Å². The Hall–Kier alpha value is -3.35. The molecular weight excluding hydrogens is 342 g/mol. The minimum Gasteiger partial charge on any atom is -0.454 e. The van der Waals surface area contributed by atoms with E-state index in [9.17, 15) is 4.79 Å². The summed E-state index contributed by atoms with van der Waals surface area (Å²) in [5.41, 5.74) is 3.22. The minimum absolute atomic E-state index is 0.156. The summed E-state index contributed by atoms with van der Waals surface area (Å²) in [6.45, 7) is 1.31. The maximum Gasteiger partial charge on any atom is 0.289 e. The number of hydrogen-bond donors (Lipinski definition) is 1. The van der Waals surface area contributed by atoms with Crippen LogP contribution in [0.4, 0.5) is 17.3 Å². The molecule has 0 fully saturated rings. The second-order valence-corrected chi connectivity index (χ2v) is 6.58. The van der Waals surface area contributed by atoms with E-state index in [0.717, 1.165) is 30.0 Å². The van der Waals surface area contributed by atoms with Gasteiger partial charge < -0.3 is 19.5 Å². The molecule has 0 unspecified atom stereocenters. The summed E-state index contributed by atoms with van der Waals surface area (Å²) in [5.74, 6) is 1.39. The number of hydrogen-bond acceptors (Lipinski definition) is 6. The zero-order valence-electron chi connectivity index (χ0n) is 15.3. The van der Waals surface area contributed by atoms with Gasteiger partial charge in [0.15, 0.2) is 5.76 Å². The monoisotopic (exact) mass is 363 g/mol. The maximum absolute atomic E-state index is 11.9. The van der Waals surface area contributed by atoms with Gasteiger partial charge in [-0.15, -0.1) is 0 Å². The average molecular weight is 363 g/mol. The Morgan fingerprint density at radius 3 is 2.81 bits per heavy atom. The van der Waals surface area contributed by atoms with Crippen molar-refractivity contribution in [1.82, 2.24) is 14.9 Å². The molecule has 4 rings (SSSR count). The van der Waals surface area contributed by atoms with E-state index < -0.39 is 0 Å². The molecule has 7 nitrogen and oxygen atoms in total. The standard InChI is InChI=1S/C20H21N5O2/c1-24(2)19(26)18-9-8-15(27-18)12-21-20-22-13-17-16(23-20)10-11-25(17)14-6-4-3-5-7-14/h3-9,13H,10-12H2,1-2H3,(H,21,22,23). The molecule has 0 atom stereocenters. The van der Waals surface area contributed by atoms with Crippen molar-refractivity contribution in [2.75, 3.05) is 30.9 Å². The van der Waals surface area contributed by atoms with E-state index in [0.29, 0.717) is 24.0 Å². The zero-order valence-corrected chi connectivity index (χ0v) is 15.3. The Kier molecular flexibility index (Phi) is 4.50. The Morgan fingerprint density at radius 1 is 1.22 bits per heavy atom. The normalized spacial score (nSPS) is 12.7. The van der Waals surface area contributed by atoms with Crippen LogP contribution in [-0.2, 0) is 13.0 Å². The number of para-hydroxylation sites is 1. The van der Waals surface area contributed by atoms with Gasteiger partial charge in [0, 0.05) is 32.7 Å². The highest BCUT2D eigenvalue weighted by Crippen LogP contribution is 2.33. The zero-order chi connectivity index (χ0) is 18.8. The van der Waals surface area contributed by atoms with Gasteiger partial charge in [-0.3, -0.25) is 4.79 Å². The third-order valence-corrected chi connectivity index (χ3v) is 4.48. The molecule has 1 N–H and O–H groups in total. The Balaban J connectivity index is 1.44. The van der Waals surface area contributed by atoms with Crippen molar-refractivity contribution in [2.45, 2.75) is 13.0 Å². The third kappa shape index (κ3) is 3.48. The summed E-state index contributed by atoms with van der Waals surface area (Å²) in [6, 6.07) is 13.7. The van der Waals surface area contributed by atoms with Crippen LogP contribution in [0, 0.1) is 0 Å². The fraction of sp³-hybridized carbons (Fsp3) is 0.250. The number of nitrogens with one attached hydrogen (secondary N) is 1. The molecule has 1 aliphatic rings. The molecule has 0 saturated carbocycles. The summed E-state index contributed by atoms with van der Waals surface area (Å²) >= 11 is 0. The van der Waals surface area contributed by atoms with Crippen molar-refractivity contribution < 1.29 is 9.21 Å². The van der Waals surface area contributed by atoms with E-state index in [1.54, 1.807) is 26.2 Å². The summed E-state index contributed by atoms with van der Waals surface area (Å²) < 4.78 is 5.58. The van der Waals surface area contributed by atoms with Crippen molar-refractivity contribution in [3.63, 3.8) is 0 Å². The van der Waals surface area contributed by atoms with E-state index in [1.165, 1.54) is 4.90 Å². The highest BCUT2D eigenvalue weighted by molar-refractivity contribution is 5.91. The fourth-order valence-electron chi connectivity index (χ4n) is 3.09. The second kappa shape index (κ2) is 7.11. The highest BCUT2D eigenvalue weighted by Gasteiger charge is 2.22. The Bertz CT molecular complexity index is 952. The van der Waals surface area contributed by atoms with Gasteiger partial charge in [-0.2, -0.15) is 0 Å². The quantitative estimate of drug-likeness (QED) is 0.751. The predicted molar refractivity (Wildman–Crippen MR) is 103 cm³/mol. The van der Waals surface area contributed by atoms with Crippen LogP contribution >= 0.6 is 0 Å². The third-order valence-electron chi connectivity index (χ3n) is 4.48. The Labute approximate surface area is 157 Å². The van der Waals surface area contributed by atoms with Gasteiger partial charge in [0.1, 0.15) is 5.76 Å². The van der Waals surface area contributed by atoms with Crippen LogP contribution in [0.5, 0.6) is 0 Å². The van der Waals surface area contributed by atoms with Crippen molar-refractivity contribution >= 4 is 23.2 Å². The molecule has 1 aliphatic heterocycles. The lowest BCUT2D eigenvalue weighted by molar-refractivity contribution is 0.0795. The molecular formula is C20H21N5O2. The molecule has 3 heterocycles. The molecule has 27 heavy (non-hydrogen) atoms. The lowest BCUT2D eigenvalue weighted by Gasteiger charge is -2.18. The molecule has 138 valence electrons. The number of amides is 1. The first-order valence-corrected chi connectivity index (χ1v) is 8.84. The lowest BCUT2D eigenvalue weighted by atomic mass is 10.3. The molecule has 1 aromatic carbocycles. The SMILES string of the molecule is CN(C)C(=O)c1ccc(CNc2ncc3c(n2)CCN3c2ccccc2)o1. The van der Waals surface area contributed by atoms with Crippen LogP contribution in [0.15, 0.2) is 53.1 Å². The number of aromatic nitrogens is 2. The van der Waals surface area contributed by atoms with Gasteiger partial charge in [-0.05, 0) is 24.3 Å². The van der Waals surface area contributed by atoms with Gasteiger partial charge in [0.25, 0.3) is 5.91 Å². The lowest BCUT2D eigenvalue weighted by Crippen LogP contribution is -2.20. The molecule has 3 aromatic rings. The summed E-state index contributed by atoms with van der Waals surface area (Å²) in [4.78, 5) is 24.7. The van der Waals surface area contributed by atoms with E-state index in [4.69, 9.17) is 4.42 Å². The Morgan fingerprint density at radius 2 is 2.04 bits per heavy atom. The van der Waals surface area contributed by atoms with E-state index in [2.05, 4.69) is 32.3 Å². The van der Waals surface area contributed by atoms with Crippen LogP contribution < -0.4 is 10.2 Å². The molecule has 0 spiro atoms. The highest BCUT2D eigenvalue weighted by atomic mass is 16.4. The molecule has 1 amide bonds. The number of anilines is 3. The molecule has 0 radical (unpaired) electrons. The van der Waals surface area contributed by atoms with Crippen LogP contribution in [0.1, 0.15) is 22.0 Å². The average Bonchev–Trinajstić information content (AvgIpc) is 3.33. The summed E-state index contributed by atoms with van der Waals surface area (Å²) in [6.07, 6.45) is 2.73. The maximum atomic E-state index is 11.9. The van der Waals surface area contributed by atoms with Gasteiger partial charge >= 0.3 is 0 Å². The molecule has 7 heteroatoms. The first-order valence-electron chi connectivity index (χ1n) is 8.84. The van der Waals surface area contributed by atoms with E-state index in [-0.39, 0.29) is 5.91 Å². The van der Waals surface area contributed by atoms with E-state index in [1.807, 2.05) is 24.4 Å². The van der Waals surface area contributed by atoms with Crippen molar-refractivity contribution in [2.24, 2.45) is 0 Å². The minimum atomic E-state index is -0.156. The molecule has 2 aromatic heterocycles. The van der Waals surface area contributed by atoms with Crippen LogP contribution in [0.2, 0.25) is 0 Å². The van der Waals surface area contributed by atoms with Gasteiger partial charge in [-0.25, -0.2) is 9.97 Å². The molecule has 0 aliphatic carbocycles. The van der Waals surface area contributed by atoms with E-state index >= 15 is 0 Å². The molecule has 0 saturated heterocycles. The van der Waals surface area contributed by atoms with Gasteiger partial charge in [-0.1, -0.05) is 18.2 Å². The first-order chi connectivity index (χ1) is 13.1. The largest absolute Gasteiger partial charge is 0.454 e. The number of rotatable bonds is 5. The fourth-order valence-corrected chi connectivity index (χ4v) is 3.09. The van der Waals surface area contributed by atoms with Crippen molar-refractivity contribution in [3.05, 3.63) is 65.9 Å². The van der Waals surface area contributed by atoms with Crippen LogP contribution in [0.25, 0.3) is 0 Å². The number of carbonyl (C=O) groups is 1. The number of fused-ring (bicyclic) bond motifs is 1. The van der Waals surface area contributed by atoms with Crippen molar-refractivity contribution in [1.29, 1.82) is 0 Å². The number of benzene rings is 1. The van der Waals surface area contributed by atoms with Gasteiger partial charge in [0.05, 0.1) is 24.1 Å². The number of carbonyl (C=O) groups excluding carboxylic acids is 1. The topological polar surface area (TPSA) is 74.5 Å². The first kappa shape index (κ1) is 17.1. The van der Waals surface area contributed by atoms with Crippen LogP contribution in [0.3, 0.4) is 0 Å². The number of furan rings is 1. The summed E-state index contributed by atoms with van der Waals surface area (Å²) in [7, 11) is 3.39. The molecule has 0 bridgehead atoms.